The third-order valence-electron chi connectivity index (χ3n) is 8.52. The molecule has 1 aliphatic heterocycles. The molecule has 2 aliphatic rings. The van der Waals surface area contributed by atoms with Crippen LogP contribution in [-0.2, 0) is 10.2 Å². The molecule has 13 heteroatoms. The molecule has 3 heterocycles. The molecule has 2 aromatic carbocycles. The first kappa shape index (κ1) is 30.2. The van der Waals surface area contributed by atoms with Gasteiger partial charge in [0.15, 0.2) is 11.5 Å². The van der Waals surface area contributed by atoms with Gasteiger partial charge in [0.05, 0.1) is 23.1 Å². The predicted molar refractivity (Wildman–Crippen MR) is 157 cm³/mol. The summed E-state index contributed by atoms with van der Waals surface area (Å²) in [5, 5.41) is 10.5. The number of piperazine rings is 1. The Kier molecular flexibility index (Phi) is 7.37. The fourth-order valence-electron chi connectivity index (χ4n) is 6.26. The van der Waals surface area contributed by atoms with Crippen molar-refractivity contribution >= 4 is 22.8 Å². The molecule has 45 heavy (non-hydrogen) atoms. The van der Waals surface area contributed by atoms with E-state index in [9.17, 15) is 32.3 Å². The minimum Gasteiger partial charge on any atom is -0.507 e. The molecule has 1 N–H and O–H groups in total. The maximum Gasteiger partial charge on any atom is 0.389 e. The van der Waals surface area contributed by atoms with E-state index in [1.807, 2.05) is 0 Å². The topological polar surface area (TPSA) is 91.6 Å². The van der Waals surface area contributed by atoms with E-state index in [4.69, 9.17) is 0 Å². The van der Waals surface area contributed by atoms with Crippen LogP contribution in [0.15, 0.2) is 66.0 Å². The van der Waals surface area contributed by atoms with Crippen molar-refractivity contribution in [3.63, 3.8) is 0 Å². The van der Waals surface area contributed by atoms with Crippen LogP contribution >= 0.6 is 0 Å². The Morgan fingerprint density at radius 3 is 2.47 bits per heavy atom. The molecule has 8 nitrogen and oxygen atoms in total. The van der Waals surface area contributed by atoms with Crippen LogP contribution in [0.4, 0.5) is 27.8 Å². The number of pyridine rings is 1. The number of halogens is 5. The van der Waals surface area contributed by atoms with Crippen molar-refractivity contribution in [1.29, 1.82) is 0 Å². The number of hydrogen-bond acceptors (Lipinski definition) is 6. The molecule has 1 saturated heterocycles. The second-order valence-corrected chi connectivity index (χ2v) is 11.5. The number of para-hydroxylation sites is 1. The lowest BCUT2D eigenvalue weighted by Gasteiger charge is -2.40. The molecule has 0 radical (unpaired) electrons. The Morgan fingerprint density at radius 2 is 1.82 bits per heavy atom. The predicted octanol–water partition coefficient (Wildman–Crippen LogP) is 5.64. The molecule has 1 aliphatic carbocycles. The summed E-state index contributed by atoms with van der Waals surface area (Å²) in [6.45, 7) is 6.02. The van der Waals surface area contributed by atoms with E-state index in [0.717, 1.165) is 22.8 Å². The van der Waals surface area contributed by atoms with Gasteiger partial charge in [-0.25, -0.2) is 23.1 Å². The zero-order valence-electron chi connectivity index (χ0n) is 24.1. The van der Waals surface area contributed by atoms with E-state index in [-0.39, 0.29) is 72.5 Å². The molecule has 0 bridgehead atoms. The third-order valence-corrected chi connectivity index (χ3v) is 8.52. The number of amides is 1. The van der Waals surface area contributed by atoms with Crippen LogP contribution < -0.4 is 10.6 Å². The van der Waals surface area contributed by atoms with E-state index in [0.29, 0.717) is 0 Å². The highest BCUT2D eigenvalue weighted by atomic mass is 19.4. The van der Waals surface area contributed by atoms with Gasteiger partial charge in [-0.05, 0) is 55.7 Å². The van der Waals surface area contributed by atoms with Crippen molar-refractivity contribution in [2.24, 2.45) is 0 Å². The van der Waals surface area contributed by atoms with Crippen LogP contribution in [0.5, 0.6) is 5.75 Å². The van der Waals surface area contributed by atoms with Gasteiger partial charge in [0.25, 0.3) is 0 Å². The monoisotopic (exact) mass is 625 g/mol. The minimum atomic E-state index is -4.47. The number of phenolic OH excluding ortho intramolecular Hbond substituents is 1. The van der Waals surface area contributed by atoms with Gasteiger partial charge in [-0.3, -0.25) is 4.79 Å². The number of alkyl halides is 3. The van der Waals surface area contributed by atoms with Crippen LogP contribution in [0.1, 0.15) is 31.7 Å². The number of hydrogen-bond donors (Lipinski definition) is 1. The van der Waals surface area contributed by atoms with E-state index >= 15 is 4.39 Å². The lowest BCUT2D eigenvalue weighted by atomic mass is 9.90. The molecular weight excluding hydrogens is 597 g/mol. The van der Waals surface area contributed by atoms with Gasteiger partial charge in [-0.2, -0.15) is 18.2 Å². The summed E-state index contributed by atoms with van der Waals surface area (Å²) in [6.07, 6.45) is -3.90. The van der Waals surface area contributed by atoms with Crippen LogP contribution in [0.3, 0.4) is 0 Å². The molecule has 2 aromatic heterocycles. The third kappa shape index (κ3) is 5.40. The Balaban J connectivity index is 1.61. The highest BCUT2D eigenvalue weighted by Gasteiger charge is 2.53. The van der Waals surface area contributed by atoms with E-state index in [2.05, 4.69) is 16.5 Å². The molecule has 234 valence electrons. The van der Waals surface area contributed by atoms with E-state index in [1.165, 1.54) is 24.3 Å². The lowest BCUT2D eigenvalue weighted by molar-refractivity contribution is -0.141. The second kappa shape index (κ2) is 11.0. The number of aromatic nitrogens is 3. The zero-order chi connectivity index (χ0) is 32.3. The highest BCUT2D eigenvalue weighted by Crippen LogP contribution is 2.56. The number of aromatic hydroxyl groups is 1. The van der Waals surface area contributed by atoms with Crippen LogP contribution in [0.2, 0.25) is 0 Å². The molecule has 0 spiro atoms. The highest BCUT2D eigenvalue weighted by molar-refractivity contribution is 5.91. The number of phenols is 1. The summed E-state index contributed by atoms with van der Waals surface area (Å²) in [4.78, 5) is 38.2. The summed E-state index contributed by atoms with van der Waals surface area (Å²) in [5.74, 6) is -2.81. The summed E-state index contributed by atoms with van der Waals surface area (Å²) in [6, 6.07) is 10.2. The Hall–Kier alpha value is -4.81. The van der Waals surface area contributed by atoms with Crippen LogP contribution in [0.25, 0.3) is 28.0 Å². The first-order chi connectivity index (χ1) is 21.3. The van der Waals surface area contributed by atoms with Gasteiger partial charge in [-0.1, -0.05) is 30.8 Å². The van der Waals surface area contributed by atoms with Crippen LogP contribution in [0, 0.1) is 11.6 Å². The second-order valence-electron chi connectivity index (χ2n) is 11.5. The molecule has 1 atom stereocenters. The van der Waals surface area contributed by atoms with Gasteiger partial charge in [0.2, 0.25) is 5.91 Å². The Morgan fingerprint density at radius 1 is 1.09 bits per heavy atom. The normalized spacial score (nSPS) is 17.9. The fourth-order valence-corrected chi connectivity index (χ4v) is 6.26. The number of nitrogens with zero attached hydrogens (tertiary/aromatic N) is 5. The number of carbonyl (C=O) groups is 1. The van der Waals surface area contributed by atoms with Gasteiger partial charge in [-0.15, -0.1) is 0 Å². The van der Waals surface area contributed by atoms with Crippen molar-refractivity contribution in [2.75, 3.05) is 24.5 Å². The standard InChI is InChI=1S/C32H28F5N5O3/c1-3-25(44)40-13-14-41(18(2)16-40)28-19-15-22(34)27(26-21(33)8-6-10-24(26)43)38-29(19)42(30(45)39-28)23-9-5-4-7-20(23)31(11-12-31)17-32(35,36)37/h3-10,15,18,43H,1,11-14,16-17H2,2H3/t18-/m0/s1. The average Bonchev–Trinajstić information content (AvgIpc) is 3.75. The number of benzene rings is 2. The molecule has 6 rings (SSSR count). The maximum absolute atomic E-state index is 15.9. The van der Waals surface area contributed by atoms with Crippen LogP contribution in [-0.4, -0.2) is 62.3 Å². The number of carbonyl (C=O) groups excluding carboxylic acids is 1. The average molecular weight is 626 g/mol. The quantitative estimate of drug-likeness (QED) is 0.221. The summed E-state index contributed by atoms with van der Waals surface area (Å²) < 4.78 is 72.8. The first-order valence-electron chi connectivity index (χ1n) is 14.3. The van der Waals surface area contributed by atoms with E-state index < -0.39 is 52.3 Å². The first-order valence-corrected chi connectivity index (χ1v) is 14.3. The number of anilines is 1. The molecule has 4 aromatic rings. The minimum absolute atomic E-state index is 0.0393. The SMILES string of the molecule is C=CC(=O)N1CCN(c2nc(=O)n(-c3ccccc3C3(CC(F)(F)F)CC3)c3nc(-c4c(O)cccc4F)c(F)cc23)[C@@H](C)C1. The van der Waals surface area contributed by atoms with E-state index in [1.54, 1.807) is 28.9 Å². The summed E-state index contributed by atoms with van der Waals surface area (Å²) in [5.41, 5.74) is -3.13. The fraction of sp³-hybridized carbons (Fsp3) is 0.312. The van der Waals surface area contributed by atoms with Gasteiger partial charge in [0.1, 0.15) is 23.1 Å². The largest absolute Gasteiger partial charge is 0.507 e. The number of fused-ring (bicyclic) bond motifs is 1. The Bertz CT molecular complexity index is 1880. The van der Waals surface area contributed by atoms with Crippen molar-refractivity contribution in [1.82, 2.24) is 19.4 Å². The maximum atomic E-state index is 15.9. The van der Waals surface area contributed by atoms with Gasteiger partial charge >= 0.3 is 11.9 Å². The molecular formula is C32H28F5N5O3. The number of rotatable bonds is 6. The Labute approximate surface area is 254 Å². The molecule has 1 saturated carbocycles. The smallest absolute Gasteiger partial charge is 0.389 e. The van der Waals surface area contributed by atoms with Crippen molar-refractivity contribution in [2.45, 2.75) is 43.8 Å². The molecule has 2 fully saturated rings. The van der Waals surface area contributed by atoms with Gasteiger partial charge < -0.3 is 14.9 Å². The van der Waals surface area contributed by atoms with Crippen molar-refractivity contribution in [3.05, 3.63) is 88.9 Å². The summed E-state index contributed by atoms with van der Waals surface area (Å²) >= 11 is 0. The molecule has 1 amide bonds. The van der Waals surface area contributed by atoms with Crippen molar-refractivity contribution < 1.29 is 31.9 Å². The van der Waals surface area contributed by atoms with Crippen molar-refractivity contribution in [3.8, 4) is 22.7 Å². The lowest BCUT2D eigenvalue weighted by Crippen LogP contribution is -2.54. The molecule has 0 unspecified atom stereocenters. The zero-order valence-corrected chi connectivity index (χ0v) is 24.1. The van der Waals surface area contributed by atoms with Gasteiger partial charge in [0, 0.05) is 31.1 Å². The summed E-state index contributed by atoms with van der Waals surface area (Å²) in [7, 11) is 0.